The maximum absolute atomic E-state index is 12.4. The van der Waals surface area contributed by atoms with Crippen molar-refractivity contribution in [2.45, 2.75) is 32.6 Å². The monoisotopic (exact) mass is 399 g/mol. The summed E-state index contributed by atoms with van der Waals surface area (Å²) in [7, 11) is 0. The molecule has 8 heteroatoms. The molecule has 1 aromatic heterocycles. The number of halogens is 2. The molecule has 1 fully saturated rings. The van der Waals surface area contributed by atoms with Crippen LogP contribution in [0.25, 0.3) is 0 Å². The number of benzene rings is 1. The summed E-state index contributed by atoms with van der Waals surface area (Å²) < 4.78 is 5.74. The van der Waals surface area contributed by atoms with E-state index < -0.39 is 0 Å². The summed E-state index contributed by atoms with van der Waals surface area (Å²) in [5.74, 6) is -0.356. The summed E-state index contributed by atoms with van der Waals surface area (Å²) in [6.45, 7) is 6.63. The van der Waals surface area contributed by atoms with E-state index in [-0.39, 0.29) is 23.7 Å². The molecule has 2 atom stereocenters. The minimum absolute atomic E-state index is 0.212. The van der Waals surface area contributed by atoms with Crippen LogP contribution in [0, 0.1) is 0 Å². The number of carbonyl (C=O) groups excluding carboxylic acids is 1. The number of rotatable bonds is 4. The van der Waals surface area contributed by atoms with Crippen molar-refractivity contribution in [3.05, 3.63) is 44.9 Å². The average Bonchev–Trinajstić information content (AvgIpc) is 2.92. The number of carbonyl (C=O) groups is 1. The number of aromatic nitrogens is 1. The number of anilines is 1. The molecule has 25 heavy (non-hydrogen) atoms. The molecule has 1 N–H and O–H groups in total. The molecule has 5 nitrogen and oxygen atoms in total. The molecular weight excluding hydrogens is 381 g/mol. The van der Waals surface area contributed by atoms with E-state index in [1.54, 1.807) is 18.2 Å². The van der Waals surface area contributed by atoms with E-state index in [9.17, 15) is 4.79 Å². The maximum Gasteiger partial charge on any atom is 0.260 e. The van der Waals surface area contributed by atoms with Gasteiger partial charge in [0.2, 0.25) is 0 Å². The first kappa shape index (κ1) is 18.6. The van der Waals surface area contributed by atoms with Gasteiger partial charge in [0.25, 0.3) is 5.91 Å². The first-order chi connectivity index (χ1) is 11.9. The summed E-state index contributed by atoms with van der Waals surface area (Å²) in [6.07, 6.45) is 0.424. The lowest BCUT2D eigenvalue weighted by molar-refractivity contribution is -0.0707. The van der Waals surface area contributed by atoms with Gasteiger partial charge in [-0.2, -0.15) is 0 Å². The van der Waals surface area contributed by atoms with Gasteiger partial charge in [-0.25, -0.2) is 4.98 Å². The number of thiazole rings is 1. The molecule has 1 aliphatic rings. The smallest absolute Gasteiger partial charge is 0.260 e. The Labute approximate surface area is 160 Å². The van der Waals surface area contributed by atoms with Crippen LogP contribution in [0.2, 0.25) is 10.0 Å². The summed E-state index contributed by atoms with van der Waals surface area (Å²) in [5, 5.41) is 5.89. The van der Waals surface area contributed by atoms with Gasteiger partial charge >= 0.3 is 0 Å². The van der Waals surface area contributed by atoms with Gasteiger partial charge in [-0.3, -0.25) is 15.0 Å². The van der Waals surface area contributed by atoms with Crippen LogP contribution >= 0.6 is 34.5 Å². The van der Waals surface area contributed by atoms with Gasteiger partial charge in [-0.05, 0) is 26.0 Å². The second-order valence-electron chi connectivity index (χ2n) is 6.15. The second-order valence-corrected chi connectivity index (χ2v) is 7.82. The maximum atomic E-state index is 12.4. The molecule has 1 aliphatic heterocycles. The molecule has 0 radical (unpaired) electrons. The van der Waals surface area contributed by atoms with Crippen molar-refractivity contribution in [2.75, 3.05) is 18.4 Å². The highest BCUT2D eigenvalue weighted by molar-refractivity contribution is 7.14. The van der Waals surface area contributed by atoms with E-state index >= 15 is 0 Å². The highest BCUT2D eigenvalue weighted by Crippen LogP contribution is 2.26. The van der Waals surface area contributed by atoms with Crippen molar-refractivity contribution in [1.29, 1.82) is 0 Å². The van der Waals surface area contributed by atoms with Crippen molar-refractivity contribution < 1.29 is 9.53 Å². The molecule has 2 unspecified atom stereocenters. The predicted octanol–water partition coefficient (Wildman–Crippen LogP) is 4.31. The molecule has 0 aliphatic carbocycles. The summed E-state index contributed by atoms with van der Waals surface area (Å²) >= 11 is 13.5. The van der Waals surface area contributed by atoms with E-state index in [0.717, 1.165) is 25.3 Å². The minimum atomic E-state index is -0.356. The van der Waals surface area contributed by atoms with E-state index in [2.05, 4.69) is 29.0 Å². The quantitative estimate of drug-likeness (QED) is 0.831. The number of nitrogens with zero attached hydrogens (tertiary/aromatic N) is 2. The zero-order chi connectivity index (χ0) is 18.0. The first-order valence-corrected chi connectivity index (χ1v) is 9.63. The standard InChI is InChI=1S/C17H19Cl2N3O2S/c1-10-6-22(7-11(2)24-10)8-12-9-25-17(20-12)21-16(23)15-13(18)4-3-5-14(15)19/h3-5,9-11H,6-8H2,1-2H3,(H,20,21,23). The molecule has 1 amide bonds. The van der Waals surface area contributed by atoms with Crippen molar-refractivity contribution in [3.63, 3.8) is 0 Å². The Bertz CT molecular complexity index is 738. The van der Waals surface area contributed by atoms with Gasteiger partial charge in [-0.1, -0.05) is 29.3 Å². The SMILES string of the molecule is CC1CN(Cc2csc(NC(=O)c3c(Cl)cccc3Cl)n2)CC(C)O1. The number of nitrogens with one attached hydrogen (secondary N) is 1. The number of hydrogen-bond donors (Lipinski definition) is 1. The van der Waals surface area contributed by atoms with E-state index in [4.69, 9.17) is 27.9 Å². The van der Waals surface area contributed by atoms with Crippen molar-refractivity contribution in [1.82, 2.24) is 9.88 Å². The van der Waals surface area contributed by atoms with Crippen LogP contribution in [0.1, 0.15) is 29.9 Å². The van der Waals surface area contributed by atoms with E-state index in [0.29, 0.717) is 15.2 Å². The van der Waals surface area contributed by atoms with Crippen LogP contribution in [-0.2, 0) is 11.3 Å². The number of amides is 1. The highest BCUT2D eigenvalue weighted by Gasteiger charge is 2.23. The molecule has 3 rings (SSSR count). The molecule has 0 saturated carbocycles. The fourth-order valence-corrected chi connectivity index (χ4v) is 4.22. The normalized spacial score (nSPS) is 21.3. The average molecular weight is 400 g/mol. The van der Waals surface area contributed by atoms with Crippen LogP contribution in [0.5, 0.6) is 0 Å². The van der Waals surface area contributed by atoms with Crippen LogP contribution in [0.3, 0.4) is 0 Å². The van der Waals surface area contributed by atoms with Crippen molar-refractivity contribution in [3.8, 4) is 0 Å². The first-order valence-electron chi connectivity index (χ1n) is 8.00. The molecule has 1 saturated heterocycles. The Morgan fingerprint density at radius 2 is 1.96 bits per heavy atom. The third-order valence-corrected chi connectivity index (χ3v) is 5.28. The lowest BCUT2D eigenvalue weighted by Gasteiger charge is -2.34. The fraction of sp³-hybridized carbons (Fsp3) is 0.412. The summed E-state index contributed by atoms with van der Waals surface area (Å²) in [5.41, 5.74) is 1.19. The minimum Gasteiger partial charge on any atom is -0.373 e. The largest absolute Gasteiger partial charge is 0.373 e. The Hall–Kier alpha value is -1.18. The third kappa shape index (κ3) is 4.71. The Morgan fingerprint density at radius 1 is 1.32 bits per heavy atom. The molecule has 2 heterocycles. The number of hydrogen-bond acceptors (Lipinski definition) is 5. The lowest BCUT2D eigenvalue weighted by Crippen LogP contribution is -2.44. The van der Waals surface area contributed by atoms with Gasteiger partial charge in [-0.15, -0.1) is 11.3 Å². The van der Waals surface area contributed by atoms with Gasteiger partial charge in [0.05, 0.1) is 33.5 Å². The highest BCUT2D eigenvalue weighted by atomic mass is 35.5. The molecule has 2 aromatic rings. The lowest BCUT2D eigenvalue weighted by atomic mass is 10.2. The topological polar surface area (TPSA) is 54.5 Å². The zero-order valence-corrected chi connectivity index (χ0v) is 16.3. The Morgan fingerprint density at radius 3 is 2.60 bits per heavy atom. The van der Waals surface area contributed by atoms with Crippen LogP contribution in [-0.4, -0.2) is 41.1 Å². The van der Waals surface area contributed by atoms with Crippen molar-refractivity contribution in [2.24, 2.45) is 0 Å². The van der Waals surface area contributed by atoms with Crippen LogP contribution in [0.4, 0.5) is 5.13 Å². The van der Waals surface area contributed by atoms with E-state index in [1.165, 1.54) is 11.3 Å². The third-order valence-electron chi connectivity index (χ3n) is 3.84. The van der Waals surface area contributed by atoms with Gasteiger partial charge in [0.1, 0.15) is 0 Å². The number of morpholine rings is 1. The fourth-order valence-electron chi connectivity index (χ4n) is 2.95. The van der Waals surface area contributed by atoms with Crippen LogP contribution < -0.4 is 5.32 Å². The van der Waals surface area contributed by atoms with Gasteiger partial charge < -0.3 is 4.74 Å². The second kappa shape index (κ2) is 8.01. The Kier molecular flexibility index (Phi) is 5.96. The molecule has 1 aromatic carbocycles. The zero-order valence-electron chi connectivity index (χ0n) is 14.0. The molecule has 0 bridgehead atoms. The van der Waals surface area contributed by atoms with Gasteiger partial charge in [0.15, 0.2) is 5.13 Å². The molecular formula is C17H19Cl2N3O2S. The number of ether oxygens (including phenoxy) is 1. The van der Waals surface area contributed by atoms with E-state index in [1.807, 2.05) is 5.38 Å². The summed E-state index contributed by atoms with van der Waals surface area (Å²) in [6, 6.07) is 4.97. The predicted molar refractivity (Wildman–Crippen MR) is 102 cm³/mol. The van der Waals surface area contributed by atoms with Crippen molar-refractivity contribution >= 4 is 45.6 Å². The summed E-state index contributed by atoms with van der Waals surface area (Å²) in [4.78, 5) is 19.2. The molecule has 134 valence electrons. The molecule has 0 spiro atoms. The van der Waals surface area contributed by atoms with Gasteiger partial charge in [0, 0.05) is 25.0 Å². The van der Waals surface area contributed by atoms with Crippen LogP contribution in [0.15, 0.2) is 23.6 Å². The Balaban J connectivity index is 1.65.